The minimum absolute atomic E-state index is 0.243. The molecule has 6 aromatic rings. The normalized spacial score (nSPS) is 16.5. The topological polar surface area (TPSA) is 77.4 Å². The van der Waals surface area contributed by atoms with E-state index in [1.807, 2.05) is 109 Å². The van der Waals surface area contributed by atoms with Crippen LogP contribution in [0, 0.1) is 0 Å². The van der Waals surface area contributed by atoms with E-state index in [2.05, 4.69) is 59.9 Å². The molecule has 52 heavy (non-hydrogen) atoms. The molecule has 1 aliphatic heterocycles. The van der Waals surface area contributed by atoms with Crippen molar-refractivity contribution in [2.24, 2.45) is 0 Å². The van der Waals surface area contributed by atoms with Gasteiger partial charge in [-0.2, -0.15) is 0 Å². The molecular formula is C43H35Br3O6. The van der Waals surface area contributed by atoms with Gasteiger partial charge in [-0.05, 0) is 72.7 Å². The molecule has 9 heteroatoms. The van der Waals surface area contributed by atoms with Gasteiger partial charge in [0.05, 0.1) is 6.61 Å². The molecule has 1 unspecified atom stereocenters. The largest absolute Gasteiger partial charge is 0.504 e. The number of ether oxygens (including phenoxy) is 4. The number of benzene rings is 6. The number of rotatable bonds is 12. The lowest BCUT2D eigenvalue weighted by Gasteiger charge is -2.42. The molecule has 0 saturated heterocycles. The van der Waals surface area contributed by atoms with Crippen LogP contribution in [0.2, 0.25) is 0 Å². The Morgan fingerprint density at radius 3 is 1.60 bits per heavy atom. The van der Waals surface area contributed by atoms with Gasteiger partial charge in [-0.25, -0.2) is 0 Å². The minimum Gasteiger partial charge on any atom is -0.504 e. The molecule has 3 atom stereocenters. The van der Waals surface area contributed by atoms with Gasteiger partial charge < -0.3 is 29.2 Å². The van der Waals surface area contributed by atoms with Crippen LogP contribution in [-0.4, -0.2) is 16.3 Å². The molecule has 0 amide bonds. The van der Waals surface area contributed by atoms with Gasteiger partial charge in [0.15, 0.2) is 23.4 Å². The summed E-state index contributed by atoms with van der Waals surface area (Å²) in [6.45, 7) is 0.931. The van der Waals surface area contributed by atoms with Gasteiger partial charge in [-0.15, -0.1) is 0 Å². The van der Waals surface area contributed by atoms with Crippen molar-refractivity contribution < 1.29 is 29.2 Å². The maximum absolute atomic E-state index is 10.8. The van der Waals surface area contributed by atoms with Crippen LogP contribution in [0.25, 0.3) is 0 Å². The van der Waals surface area contributed by atoms with Gasteiger partial charge >= 0.3 is 0 Å². The van der Waals surface area contributed by atoms with E-state index in [-0.39, 0.29) is 17.4 Å². The smallest absolute Gasteiger partial charge is 0.158 e. The molecule has 0 radical (unpaired) electrons. The Kier molecular flexibility index (Phi) is 11.5. The fourth-order valence-electron chi connectivity index (χ4n) is 6.47. The molecule has 2 N–H and O–H groups in total. The van der Waals surface area contributed by atoms with Gasteiger partial charge in [0.1, 0.15) is 39.8 Å². The van der Waals surface area contributed by atoms with Crippen LogP contribution >= 0.6 is 47.8 Å². The fourth-order valence-corrected chi connectivity index (χ4v) is 8.56. The molecule has 0 spiro atoms. The quantitative estimate of drug-likeness (QED) is 0.119. The molecular weight excluding hydrogens is 852 g/mol. The van der Waals surface area contributed by atoms with Crippen molar-refractivity contribution in [1.29, 1.82) is 0 Å². The van der Waals surface area contributed by atoms with Crippen molar-refractivity contribution in [1.82, 2.24) is 0 Å². The summed E-state index contributed by atoms with van der Waals surface area (Å²) < 4.78 is 29.1. The van der Waals surface area contributed by atoms with Crippen LogP contribution in [0.3, 0.4) is 0 Å². The van der Waals surface area contributed by atoms with Gasteiger partial charge in [0, 0.05) is 21.5 Å². The number of hydrogen-bond donors (Lipinski definition) is 2. The van der Waals surface area contributed by atoms with E-state index in [9.17, 15) is 10.2 Å². The molecule has 0 fully saturated rings. The lowest BCUT2D eigenvalue weighted by atomic mass is 9.80. The van der Waals surface area contributed by atoms with Crippen LogP contribution in [0.4, 0.5) is 0 Å². The first kappa shape index (κ1) is 36.1. The van der Waals surface area contributed by atoms with Crippen LogP contribution in [-0.2, 0) is 31.0 Å². The second-order valence-electron chi connectivity index (χ2n) is 12.5. The van der Waals surface area contributed by atoms with Crippen molar-refractivity contribution in [3.63, 3.8) is 0 Å². The standard InChI is InChI=1S/C43H35Br3O6/c44-33-23-35(48)34(47)22-31(33)40-39(49-24-28-15-7-2-8-16-28)32(21-27-13-5-1-6-14-27)36-41(50-25-29-17-9-3-10-18-29)37(45)43(38(46)42(36)52-40)51-26-30-19-11-4-12-20-30/h1-20,22-23,32,39-40,47-48H,21,24-26H2/t32?,39-,40-/m1/s1. The summed E-state index contributed by atoms with van der Waals surface area (Å²) in [5.41, 5.74) is 5.55. The van der Waals surface area contributed by atoms with Gasteiger partial charge in [0.25, 0.3) is 0 Å². The van der Waals surface area contributed by atoms with E-state index in [4.69, 9.17) is 18.9 Å². The second kappa shape index (κ2) is 16.6. The third-order valence-electron chi connectivity index (χ3n) is 9.03. The molecule has 0 aromatic heterocycles. The molecule has 7 rings (SSSR count). The predicted octanol–water partition coefficient (Wildman–Crippen LogP) is 11.6. The number of phenols is 2. The van der Waals surface area contributed by atoms with Crippen LogP contribution in [0.1, 0.15) is 45.4 Å². The van der Waals surface area contributed by atoms with Gasteiger partial charge in [0.2, 0.25) is 0 Å². The molecule has 264 valence electrons. The Hall–Kier alpha value is -4.28. The number of aromatic hydroxyl groups is 2. The molecule has 0 bridgehead atoms. The number of phenolic OH excluding ortho intramolecular Hbond substituents is 2. The van der Waals surface area contributed by atoms with E-state index >= 15 is 0 Å². The molecule has 0 aliphatic carbocycles. The minimum atomic E-state index is -0.729. The molecule has 6 aromatic carbocycles. The maximum atomic E-state index is 10.8. The zero-order valence-electron chi connectivity index (χ0n) is 27.9. The average Bonchev–Trinajstić information content (AvgIpc) is 3.17. The lowest BCUT2D eigenvalue weighted by Crippen LogP contribution is -2.38. The Morgan fingerprint density at radius 2 is 1.04 bits per heavy atom. The Balaban J connectivity index is 1.42. The number of halogens is 3. The first-order chi connectivity index (χ1) is 25.4. The zero-order valence-corrected chi connectivity index (χ0v) is 32.7. The summed E-state index contributed by atoms with van der Waals surface area (Å²) in [5.74, 6) is 0.837. The highest BCUT2D eigenvalue weighted by Gasteiger charge is 2.45. The highest BCUT2D eigenvalue weighted by Crippen LogP contribution is 2.59. The van der Waals surface area contributed by atoms with E-state index in [0.717, 1.165) is 27.8 Å². The second-order valence-corrected chi connectivity index (χ2v) is 15.0. The van der Waals surface area contributed by atoms with Crippen LogP contribution in [0.5, 0.6) is 28.7 Å². The van der Waals surface area contributed by atoms with E-state index in [0.29, 0.717) is 62.5 Å². The van der Waals surface area contributed by atoms with Crippen molar-refractivity contribution >= 4 is 47.8 Å². The summed E-state index contributed by atoms with van der Waals surface area (Å²) >= 11 is 11.5. The van der Waals surface area contributed by atoms with E-state index in [1.54, 1.807) is 0 Å². The third kappa shape index (κ3) is 8.03. The Bertz CT molecular complexity index is 2120. The summed E-state index contributed by atoms with van der Waals surface area (Å²) in [4.78, 5) is 0. The summed E-state index contributed by atoms with van der Waals surface area (Å²) in [6, 6.07) is 43.2. The van der Waals surface area contributed by atoms with Crippen LogP contribution < -0.4 is 14.2 Å². The Morgan fingerprint density at radius 1 is 0.558 bits per heavy atom. The van der Waals surface area contributed by atoms with E-state index < -0.39 is 12.2 Å². The first-order valence-corrected chi connectivity index (χ1v) is 19.2. The zero-order chi connectivity index (χ0) is 36.0. The summed E-state index contributed by atoms with van der Waals surface area (Å²) in [6.07, 6.45) is -0.728. The molecule has 0 saturated carbocycles. The van der Waals surface area contributed by atoms with Crippen molar-refractivity contribution in [2.75, 3.05) is 0 Å². The van der Waals surface area contributed by atoms with Crippen molar-refractivity contribution in [2.45, 2.75) is 44.4 Å². The fraction of sp³-hybridized carbons (Fsp3) is 0.163. The number of hydrogen-bond acceptors (Lipinski definition) is 6. The first-order valence-electron chi connectivity index (χ1n) is 16.8. The lowest BCUT2D eigenvalue weighted by molar-refractivity contribution is -0.0647. The van der Waals surface area contributed by atoms with Crippen molar-refractivity contribution in [3.8, 4) is 28.7 Å². The highest BCUT2D eigenvalue weighted by atomic mass is 79.9. The van der Waals surface area contributed by atoms with Gasteiger partial charge in [-0.1, -0.05) is 137 Å². The molecule has 6 nitrogen and oxygen atoms in total. The highest BCUT2D eigenvalue weighted by molar-refractivity contribution is 9.11. The maximum Gasteiger partial charge on any atom is 0.158 e. The summed E-state index contributed by atoms with van der Waals surface area (Å²) in [7, 11) is 0. The van der Waals surface area contributed by atoms with E-state index in [1.165, 1.54) is 12.1 Å². The van der Waals surface area contributed by atoms with Crippen molar-refractivity contribution in [3.05, 3.63) is 180 Å². The van der Waals surface area contributed by atoms with Crippen LogP contribution in [0.15, 0.2) is 147 Å². The predicted molar refractivity (Wildman–Crippen MR) is 212 cm³/mol. The molecule has 1 heterocycles. The SMILES string of the molecule is Oc1cc(Br)c([C@H]2Oc3c(Br)c(OCc4ccccc4)c(Br)c(OCc4ccccc4)c3C(Cc3ccccc3)[C@H]2OCc2ccccc2)cc1O. The summed E-state index contributed by atoms with van der Waals surface area (Å²) in [5, 5.41) is 21.2. The Labute approximate surface area is 328 Å². The number of fused-ring (bicyclic) bond motifs is 1. The monoisotopic (exact) mass is 884 g/mol. The van der Waals surface area contributed by atoms with Gasteiger partial charge in [-0.3, -0.25) is 0 Å². The average molecular weight is 887 g/mol. The molecule has 1 aliphatic rings. The third-order valence-corrected chi connectivity index (χ3v) is 11.2.